The van der Waals surface area contributed by atoms with E-state index >= 15 is 0 Å². The maximum Gasteiger partial charge on any atom is 0.246 e. The summed E-state index contributed by atoms with van der Waals surface area (Å²) < 4.78 is 11.1. The first-order chi connectivity index (χ1) is 10.1. The number of hydrogen-bond donors (Lipinski definition) is 0. The van der Waals surface area contributed by atoms with E-state index in [1.54, 1.807) is 6.08 Å². The maximum atomic E-state index is 12.3. The Kier molecular flexibility index (Phi) is 3.97. The van der Waals surface area contributed by atoms with Crippen LogP contribution in [0.4, 0.5) is 0 Å². The molecule has 0 N–H and O–H groups in total. The third-order valence-electron chi connectivity index (χ3n) is 3.86. The topological polar surface area (TPSA) is 38.8 Å². The van der Waals surface area contributed by atoms with Gasteiger partial charge < -0.3 is 14.4 Å². The van der Waals surface area contributed by atoms with Crippen LogP contribution in [0.1, 0.15) is 25.0 Å². The van der Waals surface area contributed by atoms with Crippen molar-refractivity contribution in [3.63, 3.8) is 0 Å². The van der Waals surface area contributed by atoms with Crippen LogP contribution in [0.25, 0.3) is 6.08 Å². The van der Waals surface area contributed by atoms with Gasteiger partial charge in [0, 0.05) is 25.6 Å². The lowest BCUT2D eigenvalue weighted by molar-refractivity contribution is -0.137. The highest BCUT2D eigenvalue weighted by molar-refractivity contribution is 5.92. The average molecular weight is 287 g/mol. The predicted molar refractivity (Wildman–Crippen MR) is 81.3 cm³/mol. The Morgan fingerprint density at radius 2 is 2.05 bits per heavy atom. The van der Waals surface area contributed by atoms with Crippen molar-refractivity contribution in [2.75, 3.05) is 19.7 Å². The number of hydrogen-bond acceptors (Lipinski definition) is 3. The van der Waals surface area contributed by atoms with E-state index in [4.69, 9.17) is 9.47 Å². The summed E-state index contributed by atoms with van der Waals surface area (Å²) in [6.45, 7) is 6.07. The quantitative estimate of drug-likeness (QED) is 0.783. The van der Waals surface area contributed by atoms with Crippen molar-refractivity contribution < 1.29 is 14.3 Å². The molecule has 112 valence electrons. The number of ether oxygens (including phenoxy) is 2. The van der Waals surface area contributed by atoms with Gasteiger partial charge in [0.15, 0.2) is 0 Å². The molecule has 1 aromatic rings. The van der Waals surface area contributed by atoms with E-state index in [-0.39, 0.29) is 18.1 Å². The Balaban J connectivity index is 1.66. The third-order valence-corrected chi connectivity index (χ3v) is 3.86. The van der Waals surface area contributed by atoms with Crippen LogP contribution in [0.2, 0.25) is 0 Å². The molecule has 0 unspecified atom stereocenters. The summed E-state index contributed by atoms with van der Waals surface area (Å²) in [5.41, 5.74) is 2.26. The molecule has 1 saturated heterocycles. The lowest BCUT2D eigenvalue weighted by Crippen LogP contribution is -2.47. The third kappa shape index (κ3) is 3.27. The molecule has 0 spiro atoms. The van der Waals surface area contributed by atoms with Crippen LogP contribution in [-0.2, 0) is 16.0 Å². The number of carbonyl (C=O) groups excluding carboxylic acids is 1. The second-order valence-electron chi connectivity index (χ2n) is 5.80. The van der Waals surface area contributed by atoms with Crippen LogP contribution < -0.4 is 4.74 Å². The summed E-state index contributed by atoms with van der Waals surface area (Å²) in [4.78, 5) is 14.1. The van der Waals surface area contributed by atoms with Gasteiger partial charge in [0.05, 0.1) is 18.8 Å². The smallest absolute Gasteiger partial charge is 0.246 e. The van der Waals surface area contributed by atoms with Crippen molar-refractivity contribution in [3.05, 3.63) is 35.4 Å². The molecule has 1 amide bonds. The van der Waals surface area contributed by atoms with Crippen LogP contribution in [0.3, 0.4) is 0 Å². The van der Waals surface area contributed by atoms with Gasteiger partial charge in [-0.05, 0) is 43.2 Å². The minimum absolute atomic E-state index is 0.0498. The molecule has 0 aromatic heterocycles. The molecule has 21 heavy (non-hydrogen) atoms. The fraction of sp³-hybridized carbons (Fsp3) is 0.471. The summed E-state index contributed by atoms with van der Waals surface area (Å²) in [5.74, 6) is 1.02. The second-order valence-corrected chi connectivity index (χ2v) is 5.80. The van der Waals surface area contributed by atoms with E-state index in [0.29, 0.717) is 13.1 Å². The van der Waals surface area contributed by atoms with E-state index in [2.05, 4.69) is 6.07 Å². The van der Waals surface area contributed by atoms with E-state index in [1.807, 2.05) is 37.0 Å². The molecule has 2 aliphatic heterocycles. The zero-order valence-electron chi connectivity index (χ0n) is 12.5. The summed E-state index contributed by atoms with van der Waals surface area (Å²) in [5, 5.41) is 0. The van der Waals surface area contributed by atoms with Gasteiger partial charge in [-0.1, -0.05) is 6.07 Å². The molecular weight excluding hydrogens is 266 g/mol. The van der Waals surface area contributed by atoms with Crippen LogP contribution in [0.5, 0.6) is 5.75 Å². The van der Waals surface area contributed by atoms with Crippen LogP contribution >= 0.6 is 0 Å². The molecule has 2 heterocycles. The van der Waals surface area contributed by atoms with Gasteiger partial charge in [0.2, 0.25) is 5.91 Å². The molecular formula is C17H21NO3. The van der Waals surface area contributed by atoms with Crippen molar-refractivity contribution in [3.8, 4) is 5.75 Å². The van der Waals surface area contributed by atoms with Crippen molar-refractivity contribution in [2.24, 2.45) is 0 Å². The number of amides is 1. The van der Waals surface area contributed by atoms with Crippen LogP contribution in [0.15, 0.2) is 24.3 Å². The number of morpholine rings is 1. The Bertz CT molecular complexity index is 557. The van der Waals surface area contributed by atoms with Crippen LogP contribution in [-0.4, -0.2) is 42.7 Å². The highest BCUT2D eigenvalue weighted by Crippen LogP contribution is 2.26. The Labute approximate surface area is 125 Å². The number of fused-ring (bicyclic) bond motifs is 1. The maximum absolute atomic E-state index is 12.3. The number of carbonyl (C=O) groups is 1. The fourth-order valence-electron chi connectivity index (χ4n) is 2.94. The van der Waals surface area contributed by atoms with Crippen LogP contribution in [0, 0.1) is 0 Å². The first-order valence-corrected chi connectivity index (χ1v) is 7.50. The van der Waals surface area contributed by atoms with Gasteiger partial charge in [-0.15, -0.1) is 0 Å². The van der Waals surface area contributed by atoms with Gasteiger partial charge in [-0.2, -0.15) is 0 Å². The number of rotatable bonds is 2. The van der Waals surface area contributed by atoms with Crippen molar-refractivity contribution >= 4 is 12.0 Å². The molecule has 0 saturated carbocycles. The Morgan fingerprint density at radius 3 is 2.81 bits per heavy atom. The summed E-state index contributed by atoms with van der Waals surface area (Å²) in [7, 11) is 0. The molecule has 0 radical (unpaired) electrons. The molecule has 2 aliphatic rings. The van der Waals surface area contributed by atoms with Gasteiger partial charge in [0.25, 0.3) is 0 Å². The van der Waals surface area contributed by atoms with Crippen molar-refractivity contribution in [1.82, 2.24) is 4.90 Å². The molecule has 4 nitrogen and oxygen atoms in total. The van der Waals surface area contributed by atoms with E-state index < -0.39 is 0 Å². The molecule has 4 heteroatoms. The SMILES string of the molecule is C[C@@H]1CN(C(=O)/C=C/c2ccc3c(c2)CCO3)C[C@@H](C)O1. The Hall–Kier alpha value is -1.81. The van der Waals surface area contributed by atoms with E-state index in [1.165, 1.54) is 5.56 Å². The largest absolute Gasteiger partial charge is 0.493 e. The van der Waals surface area contributed by atoms with Gasteiger partial charge in [0.1, 0.15) is 5.75 Å². The molecule has 0 aliphatic carbocycles. The summed E-state index contributed by atoms with van der Waals surface area (Å²) in [6.07, 6.45) is 4.68. The molecule has 3 rings (SSSR count). The number of benzene rings is 1. The van der Waals surface area contributed by atoms with Gasteiger partial charge >= 0.3 is 0 Å². The van der Waals surface area contributed by atoms with Gasteiger partial charge in [-0.3, -0.25) is 4.79 Å². The van der Waals surface area contributed by atoms with Crippen molar-refractivity contribution in [2.45, 2.75) is 32.5 Å². The molecule has 0 bridgehead atoms. The lowest BCUT2D eigenvalue weighted by Gasteiger charge is -2.34. The summed E-state index contributed by atoms with van der Waals surface area (Å²) >= 11 is 0. The minimum atomic E-state index is 0.0498. The second kappa shape index (κ2) is 5.90. The van der Waals surface area contributed by atoms with E-state index in [9.17, 15) is 4.79 Å². The average Bonchev–Trinajstić information content (AvgIpc) is 2.91. The van der Waals surface area contributed by atoms with Gasteiger partial charge in [-0.25, -0.2) is 0 Å². The molecule has 1 aromatic carbocycles. The minimum Gasteiger partial charge on any atom is -0.493 e. The fourth-order valence-corrected chi connectivity index (χ4v) is 2.94. The molecule has 2 atom stereocenters. The predicted octanol–water partition coefficient (Wildman–Crippen LogP) is 2.27. The normalized spacial score (nSPS) is 25.0. The zero-order chi connectivity index (χ0) is 14.8. The zero-order valence-corrected chi connectivity index (χ0v) is 12.5. The first-order valence-electron chi connectivity index (χ1n) is 7.50. The summed E-state index contributed by atoms with van der Waals surface area (Å²) in [6, 6.07) is 6.06. The van der Waals surface area contributed by atoms with Crippen molar-refractivity contribution in [1.29, 1.82) is 0 Å². The van der Waals surface area contributed by atoms with E-state index in [0.717, 1.165) is 24.3 Å². The highest BCUT2D eigenvalue weighted by atomic mass is 16.5. The Morgan fingerprint density at radius 1 is 1.29 bits per heavy atom. The monoisotopic (exact) mass is 287 g/mol. The molecule has 1 fully saturated rings. The lowest BCUT2D eigenvalue weighted by atomic mass is 10.1. The number of nitrogens with zero attached hydrogens (tertiary/aromatic N) is 1. The standard InChI is InChI=1S/C17H21NO3/c1-12-10-18(11-13(2)21-12)17(19)6-4-14-3-5-16-15(9-14)7-8-20-16/h3-6,9,12-13H,7-8,10-11H2,1-2H3/b6-4+/t12-,13-/m1/s1. The first kappa shape index (κ1) is 14.1. The highest BCUT2D eigenvalue weighted by Gasteiger charge is 2.24.